The maximum atomic E-state index is 5.55. The minimum atomic E-state index is 0.730. The molecule has 0 aliphatic carbocycles. The molecule has 3 heteroatoms. The highest BCUT2D eigenvalue weighted by atomic mass is 32.2. The number of benzene rings is 1. The smallest absolute Gasteiger partial charge is 0.0591 e. The molecule has 18 heavy (non-hydrogen) atoms. The molecule has 0 aliphatic rings. The van der Waals surface area contributed by atoms with Gasteiger partial charge in [-0.15, -0.1) is 11.8 Å². The molecule has 1 aromatic rings. The third kappa shape index (κ3) is 7.04. The highest BCUT2D eigenvalue weighted by Gasteiger charge is 1.95. The summed E-state index contributed by atoms with van der Waals surface area (Å²) in [7, 11) is 0. The van der Waals surface area contributed by atoms with Gasteiger partial charge in [-0.1, -0.05) is 26.0 Å². The molecule has 0 aromatic heterocycles. The van der Waals surface area contributed by atoms with Crippen LogP contribution in [0, 0.1) is 5.92 Å². The van der Waals surface area contributed by atoms with Crippen molar-refractivity contribution in [3.8, 4) is 0 Å². The fourth-order valence-corrected chi connectivity index (χ4v) is 1.95. The van der Waals surface area contributed by atoms with Gasteiger partial charge in [-0.3, -0.25) is 0 Å². The average Bonchev–Trinajstić information content (AvgIpc) is 2.38. The van der Waals surface area contributed by atoms with E-state index in [1.807, 2.05) is 0 Å². The highest BCUT2D eigenvalue weighted by Crippen LogP contribution is 2.14. The van der Waals surface area contributed by atoms with Gasteiger partial charge in [-0.2, -0.15) is 0 Å². The topological polar surface area (TPSA) is 21.3 Å². The van der Waals surface area contributed by atoms with Gasteiger partial charge in [0, 0.05) is 24.6 Å². The maximum Gasteiger partial charge on any atom is 0.0591 e. The van der Waals surface area contributed by atoms with E-state index < -0.39 is 0 Å². The lowest BCUT2D eigenvalue weighted by atomic mass is 10.1. The summed E-state index contributed by atoms with van der Waals surface area (Å²) in [5.74, 6) is 0.730. The largest absolute Gasteiger partial charge is 0.380 e. The molecule has 0 atom stereocenters. The van der Waals surface area contributed by atoms with Crippen LogP contribution in [0.3, 0.4) is 0 Å². The maximum absolute atomic E-state index is 5.55. The van der Waals surface area contributed by atoms with E-state index in [4.69, 9.17) is 4.74 Å². The minimum Gasteiger partial charge on any atom is -0.380 e. The minimum absolute atomic E-state index is 0.730. The second kappa shape index (κ2) is 9.42. The van der Waals surface area contributed by atoms with E-state index in [0.29, 0.717) is 0 Å². The van der Waals surface area contributed by atoms with Crippen LogP contribution < -0.4 is 5.32 Å². The summed E-state index contributed by atoms with van der Waals surface area (Å²) in [6.07, 6.45) is 3.25. The van der Waals surface area contributed by atoms with Crippen LogP contribution in [0.15, 0.2) is 29.2 Å². The van der Waals surface area contributed by atoms with E-state index >= 15 is 0 Å². The monoisotopic (exact) mass is 267 g/mol. The van der Waals surface area contributed by atoms with E-state index in [2.05, 4.69) is 49.7 Å². The normalized spacial score (nSPS) is 11.1. The van der Waals surface area contributed by atoms with E-state index in [0.717, 1.165) is 38.6 Å². The Morgan fingerprint density at radius 2 is 1.89 bits per heavy atom. The molecule has 0 unspecified atom stereocenters. The van der Waals surface area contributed by atoms with Crippen molar-refractivity contribution < 1.29 is 4.74 Å². The molecule has 0 saturated carbocycles. The Hall–Kier alpha value is -0.510. The third-order valence-corrected chi connectivity index (χ3v) is 3.49. The van der Waals surface area contributed by atoms with Gasteiger partial charge in [-0.25, -0.2) is 0 Å². The Balaban J connectivity index is 2.03. The third-order valence-electron chi connectivity index (χ3n) is 2.75. The van der Waals surface area contributed by atoms with Crippen molar-refractivity contribution in [2.45, 2.75) is 31.7 Å². The van der Waals surface area contributed by atoms with E-state index in [-0.39, 0.29) is 0 Å². The fourth-order valence-electron chi connectivity index (χ4n) is 1.54. The Bertz CT molecular complexity index is 311. The van der Waals surface area contributed by atoms with Gasteiger partial charge in [0.2, 0.25) is 0 Å². The molecule has 1 aromatic carbocycles. The van der Waals surface area contributed by atoms with Crippen molar-refractivity contribution in [2.75, 3.05) is 26.0 Å². The van der Waals surface area contributed by atoms with Crippen molar-refractivity contribution in [1.82, 2.24) is 5.32 Å². The van der Waals surface area contributed by atoms with Gasteiger partial charge in [0.05, 0.1) is 6.61 Å². The number of thioether (sulfide) groups is 1. The Kier molecular flexibility index (Phi) is 8.14. The highest BCUT2D eigenvalue weighted by molar-refractivity contribution is 7.98. The standard InChI is InChI=1S/C15H25NOS/c1-13(2)8-10-17-11-9-16-12-14-4-6-15(18-3)7-5-14/h4-7,13,16H,8-12H2,1-3H3. The molecule has 0 spiro atoms. The molecular weight excluding hydrogens is 242 g/mol. The van der Waals surface area contributed by atoms with Crippen LogP contribution in [-0.4, -0.2) is 26.0 Å². The van der Waals surface area contributed by atoms with Gasteiger partial charge in [0.1, 0.15) is 0 Å². The summed E-state index contributed by atoms with van der Waals surface area (Å²) in [5, 5.41) is 3.40. The number of rotatable bonds is 9. The molecule has 2 nitrogen and oxygen atoms in total. The summed E-state index contributed by atoms with van der Waals surface area (Å²) in [5.41, 5.74) is 1.33. The summed E-state index contributed by atoms with van der Waals surface area (Å²) >= 11 is 1.78. The first-order valence-electron chi connectivity index (χ1n) is 6.63. The molecule has 1 N–H and O–H groups in total. The first-order valence-corrected chi connectivity index (χ1v) is 7.86. The van der Waals surface area contributed by atoms with Crippen molar-refractivity contribution in [1.29, 1.82) is 0 Å². The van der Waals surface area contributed by atoms with E-state index in [1.165, 1.54) is 10.5 Å². The number of ether oxygens (including phenoxy) is 1. The Labute approximate surface area is 116 Å². The molecular formula is C15H25NOS. The quantitative estimate of drug-likeness (QED) is 0.546. The van der Waals surface area contributed by atoms with Crippen LogP contribution in [0.5, 0.6) is 0 Å². The summed E-state index contributed by atoms with van der Waals surface area (Å²) in [6.45, 7) is 7.96. The SMILES string of the molecule is CSc1ccc(CNCCOCCC(C)C)cc1. The van der Waals surface area contributed by atoms with Crippen LogP contribution in [0.25, 0.3) is 0 Å². The van der Waals surface area contributed by atoms with Gasteiger partial charge < -0.3 is 10.1 Å². The van der Waals surface area contributed by atoms with E-state index in [9.17, 15) is 0 Å². The predicted molar refractivity (Wildman–Crippen MR) is 80.2 cm³/mol. The molecule has 0 amide bonds. The zero-order chi connectivity index (χ0) is 13.2. The summed E-state index contributed by atoms with van der Waals surface area (Å²) < 4.78 is 5.55. The number of nitrogens with one attached hydrogen (secondary N) is 1. The van der Waals surface area contributed by atoms with Crippen LogP contribution in [0.1, 0.15) is 25.8 Å². The molecule has 0 heterocycles. The number of hydrogen-bond donors (Lipinski definition) is 1. The zero-order valence-electron chi connectivity index (χ0n) is 11.7. The molecule has 0 fully saturated rings. The Morgan fingerprint density at radius 1 is 1.17 bits per heavy atom. The number of hydrogen-bond acceptors (Lipinski definition) is 3. The first-order chi connectivity index (χ1) is 8.72. The molecule has 0 radical (unpaired) electrons. The van der Waals surface area contributed by atoms with Gasteiger partial charge in [0.15, 0.2) is 0 Å². The van der Waals surface area contributed by atoms with Crippen LogP contribution >= 0.6 is 11.8 Å². The second-order valence-electron chi connectivity index (χ2n) is 4.82. The lowest BCUT2D eigenvalue weighted by Crippen LogP contribution is -2.19. The fraction of sp³-hybridized carbons (Fsp3) is 0.600. The lowest BCUT2D eigenvalue weighted by molar-refractivity contribution is 0.125. The van der Waals surface area contributed by atoms with E-state index in [1.54, 1.807) is 11.8 Å². The molecule has 0 bridgehead atoms. The molecule has 0 saturated heterocycles. The van der Waals surface area contributed by atoms with Crippen molar-refractivity contribution >= 4 is 11.8 Å². The van der Waals surface area contributed by atoms with Gasteiger partial charge in [0.25, 0.3) is 0 Å². The van der Waals surface area contributed by atoms with Gasteiger partial charge in [-0.05, 0) is 36.3 Å². The second-order valence-corrected chi connectivity index (χ2v) is 5.70. The molecule has 0 aliphatic heterocycles. The first kappa shape index (κ1) is 15.5. The summed E-state index contributed by atoms with van der Waals surface area (Å²) in [6, 6.07) is 8.69. The molecule has 102 valence electrons. The van der Waals surface area contributed by atoms with Gasteiger partial charge >= 0.3 is 0 Å². The summed E-state index contributed by atoms with van der Waals surface area (Å²) in [4.78, 5) is 1.32. The zero-order valence-corrected chi connectivity index (χ0v) is 12.6. The predicted octanol–water partition coefficient (Wildman–Crippen LogP) is 3.56. The van der Waals surface area contributed by atoms with Crippen molar-refractivity contribution in [2.24, 2.45) is 5.92 Å². The lowest BCUT2D eigenvalue weighted by Gasteiger charge is -2.08. The van der Waals surface area contributed by atoms with Crippen LogP contribution in [0.4, 0.5) is 0 Å². The van der Waals surface area contributed by atoms with Crippen molar-refractivity contribution in [3.05, 3.63) is 29.8 Å². The average molecular weight is 267 g/mol. The molecule has 1 rings (SSSR count). The van der Waals surface area contributed by atoms with Crippen molar-refractivity contribution in [3.63, 3.8) is 0 Å². The Morgan fingerprint density at radius 3 is 2.50 bits per heavy atom. The van der Waals surface area contributed by atoms with Crippen LogP contribution in [0.2, 0.25) is 0 Å². The van der Waals surface area contributed by atoms with Crippen LogP contribution in [-0.2, 0) is 11.3 Å².